The van der Waals surface area contributed by atoms with E-state index in [0.717, 1.165) is 22.9 Å². The first-order valence-electron chi connectivity index (χ1n) is 6.72. The minimum atomic E-state index is -0.874. The summed E-state index contributed by atoms with van der Waals surface area (Å²) in [6, 6.07) is 5.64. The molecule has 2 rings (SSSR count). The maximum absolute atomic E-state index is 12.1. The molecule has 2 N–H and O–H groups in total. The van der Waals surface area contributed by atoms with E-state index in [1.54, 1.807) is 0 Å². The van der Waals surface area contributed by atoms with E-state index in [1.165, 1.54) is 0 Å². The standard InChI is InChI=1S/C15H18BrNO3/c1-10-4-5-12(11(16)8-10)17-13(18)9-15(14(19)20)6-2-3-7-15/h4-5,8H,2-3,6-7,9H2,1H3,(H,17,18)(H,19,20). The molecule has 108 valence electrons. The Labute approximate surface area is 126 Å². The van der Waals surface area contributed by atoms with Crippen molar-refractivity contribution in [3.05, 3.63) is 28.2 Å². The Morgan fingerprint density at radius 3 is 2.55 bits per heavy atom. The molecule has 0 unspecified atom stereocenters. The first-order valence-corrected chi connectivity index (χ1v) is 7.52. The zero-order valence-electron chi connectivity index (χ0n) is 11.4. The van der Waals surface area contributed by atoms with Gasteiger partial charge in [-0.15, -0.1) is 0 Å². The van der Waals surface area contributed by atoms with Gasteiger partial charge in [0.05, 0.1) is 11.1 Å². The summed E-state index contributed by atoms with van der Waals surface area (Å²) in [7, 11) is 0. The van der Waals surface area contributed by atoms with Gasteiger partial charge in [0.2, 0.25) is 5.91 Å². The highest BCUT2D eigenvalue weighted by Crippen LogP contribution is 2.41. The van der Waals surface area contributed by atoms with E-state index in [-0.39, 0.29) is 12.3 Å². The molecule has 20 heavy (non-hydrogen) atoms. The van der Waals surface area contributed by atoms with Gasteiger partial charge in [0.15, 0.2) is 0 Å². The Bertz CT molecular complexity index is 536. The number of benzene rings is 1. The molecular formula is C15H18BrNO3. The molecule has 0 atom stereocenters. The zero-order chi connectivity index (χ0) is 14.8. The molecule has 1 saturated carbocycles. The molecule has 5 heteroatoms. The monoisotopic (exact) mass is 339 g/mol. The molecule has 1 aromatic carbocycles. The normalized spacial score (nSPS) is 16.9. The largest absolute Gasteiger partial charge is 0.481 e. The van der Waals surface area contributed by atoms with Crippen molar-refractivity contribution < 1.29 is 14.7 Å². The summed E-state index contributed by atoms with van der Waals surface area (Å²) in [5, 5.41) is 12.2. The first-order chi connectivity index (χ1) is 9.43. The molecule has 1 aliphatic rings. The quantitative estimate of drug-likeness (QED) is 0.878. The Morgan fingerprint density at radius 2 is 2.00 bits per heavy atom. The van der Waals surface area contributed by atoms with Crippen molar-refractivity contribution in [3.63, 3.8) is 0 Å². The van der Waals surface area contributed by atoms with Crippen LogP contribution in [0.1, 0.15) is 37.7 Å². The van der Waals surface area contributed by atoms with Crippen LogP contribution in [0.15, 0.2) is 22.7 Å². The lowest BCUT2D eigenvalue weighted by atomic mass is 9.82. The fourth-order valence-corrected chi connectivity index (χ4v) is 3.33. The molecule has 1 amide bonds. The summed E-state index contributed by atoms with van der Waals surface area (Å²) in [6.45, 7) is 1.97. The van der Waals surface area contributed by atoms with Crippen molar-refractivity contribution in [1.82, 2.24) is 0 Å². The number of aliphatic carboxylic acids is 1. The molecule has 0 saturated heterocycles. The number of carbonyl (C=O) groups is 2. The van der Waals surface area contributed by atoms with E-state index in [1.807, 2.05) is 25.1 Å². The van der Waals surface area contributed by atoms with Gasteiger partial charge in [0, 0.05) is 10.9 Å². The van der Waals surface area contributed by atoms with Crippen LogP contribution in [0.5, 0.6) is 0 Å². The van der Waals surface area contributed by atoms with Gasteiger partial charge in [-0.3, -0.25) is 9.59 Å². The third-order valence-electron chi connectivity index (χ3n) is 3.91. The molecule has 0 aliphatic heterocycles. The maximum Gasteiger partial charge on any atom is 0.310 e. The molecule has 4 nitrogen and oxygen atoms in total. The average Bonchev–Trinajstić information content (AvgIpc) is 2.82. The third-order valence-corrected chi connectivity index (χ3v) is 4.57. The summed E-state index contributed by atoms with van der Waals surface area (Å²) in [5.74, 6) is -1.09. The van der Waals surface area contributed by atoms with Crippen LogP contribution < -0.4 is 5.32 Å². The molecular weight excluding hydrogens is 322 g/mol. The minimum Gasteiger partial charge on any atom is -0.481 e. The van der Waals surface area contributed by atoms with E-state index in [0.29, 0.717) is 18.5 Å². The Morgan fingerprint density at radius 1 is 1.35 bits per heavy atom. The lowest BCUT2D eigenvalue weighted by Gasteiger charge is -2.23. The SMILES string of the molecule is Cc1ccc(NC(=O)CC2(C(=O)O)CCCC2)c(Br)c1. The number of aryl methyl sites for hydroxylation is 1. The van der Waals surface area contributed by atoms with Crippen LogP contribution >= 0.6 is 15.9 Å². The number of amides is 1. The van der Waals surface area contributed by atoms with E-state index < -0.39 is 11.4 Å². The summed E-state index contributed by atoms with van der Waals surface area (Å²) < 4.78 is 0.807. The summed E-state index contributed by atoms with van der Waals surface area (Å²) in [5.41, 5.74) is 0.896. The highest BCUT2D eigenvalue weighted by Gasteiger charge is 2.42. The van der Waals surface area contributed by atoms with Crippen LogP contribution in [0.3, 0.4) is 0 Å². The lowest BCUT2D eigenvalue weighted by molar-refractivity contribution is -0.150. The predicted molar refractivity (Wildman–Crippen MR) is 80.7 cm³/mol. The minimum absolute atomic E-state index is 0.0443. The van der Waals surface area contributed by atoms with Gasteiger partial charge in [-0.2, -0.15) is 0 Å². The summed E-state index contributed by atoms with van der Waals surface area (Å²) in [4.78, 5) is 23.6. The van der Waals surface area contributed by atoms with Gasteiger partial charge in [0.1, 0.15) is 0 Å². The number of hydrogen-bond donors (Lipinski definition) is 2. The zero-order valence-corrected chi connectivity index (χ0v) is 13.0. The Hall–Kier alpha value is -1.36. The Balaban J connectivity index is 2.07. The second-order valence-corrected chi connectivity index (χ2v) is 6.36. The number of anilines is 1. The van der Waals surface area contributed by atoms with Gasteiger partial charge < -0.3 is 10.4 Å². The highest BCUT2D eigenvalue weighted by atomic mass is 79.9. The average molecular weight is 340 g/mol. The van der Waals surface area contributed by atoms with Crippen LogP contribution in [-0.2, 0) is 9.59 Å². The van der Waals surface area contributed by atoms with Crippen molar-refractivity contribution >= 4 is 33.5 Å². The van der Waals surface area contributed by atoms with Gasteiger partial charge >= 0.3 is 5.97 Å². The summed E-state index contributed by atoms with van der Waals surface area (Å²) >= 11 is 3.40. The summed E-state index contributed by atoms with van der Waals surface area (Å²) in [6.07, 6.45) is 2.99. The van der Waals surface area contributed by atoms with E-state index >= 15 is 0 Å². The second kappa shape index (κ2) is 5.95. The van der Waals surface area contributed by atoms with Gasteiger partial charge in [-0.1, -0.05) is 18.9 Å². The maximum atomic E-state index is 12.1. The number of halogens is 1. The predicted octanol–water partition coefficient (Wildman–Crippen LogP) is 3.73. The van der Waals surface area contributed by atoms with E-state index in [9.17, 15) is 14.7 Å². The number of hydrogen-bond acceptors (Lipinski definition) is 2. The molecule has 0 heterocycles. The topological polar surface area (TPSA) is 66.4 Å². The molecule has 1 fully saturated rings. The van der Waals surface area contributed by atoms with Crippen molar-refractivity contribution in [2.45, 2.75) is 39.0 Å². The van der Waals surface area contributed by atoms with Gasteiger partial charge in [-0.05, 0) is 53.4 Å². The van der Waals surface area contributed by atoms with Crippen LogP contribution in [0.4, 0.5) is 5.69 Å². The molecule has 0 bridgehead atoms. The van der Waals surface area contributed by atoms with E-state index in [4.69, 9.17) is 0 Å². The first kappa shape index (κ1) is 15.0. The van der Waals surface area contributed by atoms with Gasteiger partial charge in [-0.25, -0.2) is 0 Å². The van der Waals surface area contributed by atoms with Crippen molar-refractivity contribution in [2.75, 3.05) is 5.32 Å². The number of nitrogens with one attached hydrogen (secondary N) is 1. The highest BCUT2D eigenvalue weighted by molar-refractivity contribution is 9.10. The Kier molecular flexibility index (Phi) is 4.48. The third kappa shape index (κ3) is 3.20. The second-order valence-electron chi connectivity index (χ2n) is 5.50. The molecule has 0 aromatic heterocycles. The van der Waals surface area contributed by atoms with Gasteiger partial charge in [0.25, 0.3) is 0 Å². The number of carboxylic acid groups (broad SMARTS) is 1. The molecule has 0 radical (unpaired) electrons. The fourth-order valence-electron chi connectivity index (χ4n) is 2.74. The van der Waals surface area contributed by atoms with Crippen molar-refractivity contribution in [1.29, 1.82) is 0 Å². The van der Waals surface area contributed by atoms with Crippen molar-refractivity contribution in [3.8, 4) is 0 Å². The number of carboxylic acids is 1. The fraction of sp³-hybridized carbons (Fsp3) is 0.467. The van der Waals surface area contributed by atoms with Crippen LogP contribution in [0.25, 0.3) is 0 Å². The van der Waals surface area contributed by atoms with E-state index in [2.05, 4.69) is 21.2 Å². The number of rotatable bonds is 4. The molecule has 1 aliphatic carbocycles. The van der Waals surface area contributed by atoms with Crippen molar-refractivity contribution in [2.24, 2.45) is 5.41 Å². The lowest BCUT2D eigenvalue weighted by Crippen LogP contribution is -2.32. The van der Waals surface area contributed by atoms with Crippen LogP contribution in [-0.4, -0.2) is 17.0 Å². The smallest absolute Gasteiger partial charge is 0.310 e. The molecule has 0 spiro atoms. The van der Waals surface area contributed by atoms with Crippen LogP contribution in [0.2, 0.25) is 0 Å². The van der Waals surface area contributed by atoms with Crippen LogP contribution in [0, 0.1) is 12.3 Å². The number of carbonyl (C=O) groups excluding carboxylic acids is 1. The molecule has 1 aromatic rings.